The summed E-state index contributed by atoms with van der Waals surface area (Å²) >= 11 is 6.81. The van der Waals surface area contributed by atoms with Crippen molar-refractivity contribution in [3.8, 4) is 0 Å². The van der Waals surface area contributed by atoms with Crippen LogP contribution in [0.2, 0.25) is 5.02 Å². The van der Waals surface area contributed by atoms with E-state index in [1.165, 1.54) is 3.96 Å². The minimum absolute atomic E-state index is 0.238. The highest BCUT2D eigenvalue weighted by atomic mass is 35.5. The molecule has 166 valence electrons. The molecular weight excluding hydrogens is 451 g/mol. The zero-order valence-corrected chi connectivity index (χ0v) is 18.2. The van der Waals surface area contributed by atoms with E-state index in [4.69, 9.17) is 11.6 Å². The van der Waals surface area contributed by atoms with E-state index >= 15 is 0 Å². The van der Waals surface area contributed by atoms with Gasteiger partial charge in [0.05, 0.1) is 20.7 Å². The van der Waals surface area contributed by atoms with Gasteiger partial charge in [-0.2, -0.15) is 13.2 Å². The Labute approximate surface area is 186 Å². The SMILES string of the molecule is O=c1c2cc(Cl)c(C(F)(F)F)cc2sn1CCCCN1CCN(c2ncccn2)CC1. The Hall–Kier alpha value is -2.17. The monoisotopic (exact) mass is 471 g/mol. The van der Waals surface area contributed by atoms with E-state index in [0.29, 0.717) is 11.2 Å². The van der Waals surface area contributed by atoms with Crippen LogP contribution in [0.15, 0.2) is 35.4 Å². The minimum atomic E-state index is -4.54. The molecule has 6 nitrogen and oxygen atoms in total. The minimum Gasteiger partial charge on any atom is -0.338 e. The second kappa shape index (κ2) is 9.13. The van der Waals surface area contributed by atoms with E-state index in [2.05, 4.69) is 19.8 Å². The molecule has 11 heteroatoms. The van der Waals surface area contributed by atoms with E-state index < -0.39 is 16.8 Å². The lowest BCUT2D eigenvalue weighted by molar-refractivity contribution is -0.137. The first-order valence-electron chi connectivity index (χ1n) is 9.98. The van der Waals surface area contributed by atoms with Gasteiger partial charge in [-0.25, -0.2) is 9.97 Å². The average molecular weight is 472 g/mol. The van der Waals surface area contributed by atoms with Gasteiger partial charge >= 0.3 is 6.18 Å². The highest BCUT2D eigenvalue weighted by molar-refractivity contribution is 7.13. The van der Waals surface area contributed by atoms with Crippen LogP contribution in [0, 0.1) is 0 Å². The number of halogens is 4. The summed E-state index contributed by atoms with van der Waals surface area (Å²) in [6.45, 7) is 4.95. The third-order valence-corrected chi connectivity index (χ3v) is 6.75. The average Bonchev–Trinajstić information content (AvgIpc) is 3.06. The number of hydrogen-bond donors (Lipinski definition) is 0. The Bertz CT molecular complexity index is 1090. The lowest BCUT2D eigenvalue weighted by atomic mass is 10.2. The van der Waals surface area contributed by atoms with Crippen molar-refractivity contribution in [2.75, 3.05) is 37.6 Å². The van der Waals surface area contributed by atoms with Gasteiger partial charge in [0.1, 0.15) is 0 Å². The van der Waals surface area contributed by atoms with E-state index in [-0.39, 0.29) is 10.9 Å². The summed E-state index contributed by atoms with van der Waals surface area (Å²) in [5.41, 5.74) is -1.19. The quantitative estimate of drug-likeness (QED) is 0.506. The van der Waals surface area contributed by atoms with Gasteiger partial charge in [-0.3, -0.25) is 13.7 Å². The Morgan fingerprint density at radius 1 is 1.03 bits per heavy atom. The summed E-state index contributed by atoms with van der Waals surface area (Å²) < 4.78 is 41.0. The third-order valence-electron chi connectivity index (χ3n) is 5.33. The predicted molar refractivity (Wildman–Crippen MR) is 116 cm³/mol. The smallest absolute Gasteiger partial charge is 0.338 e. The van der Waals surface area contributed by atoms with E-state index in [1.54, 1.807) is 18.5 Å². The molecule has 0 bridgehead atoms. The molecular formula is C20H21ClF3N5OS. The number of aryl methyl sites for hydroxylation is 1. The molecule has 1 aliphatic heterocycles. The van der Waals surface area contributed by atoms with Crippen molar-refractivity contribution in [2.24, 2.45) is 0 Å². The maximum absolute atomic E-state index is 13.1. The molecule has 1 fully saturated rings. The van der Waals surface area contributed by atoms with Crippen molar-refractivity contribution in [1.29, 1.82) is 0 Å². The lowest BCUT2D eigenvalue weighted by Gasteiger charge is -2.34. The van der Waals surface area contributed by atoms with Gasteiger partial charge in [0.15, 0.2) is 0 Å². The predicted octanol–water partition coefficient (Wildman–Crippen LogP) is 4.13. The van der Waals surface area contributed by atoms with Crippen molar-refractivity contribution >= 4 is 39.2 Å². The van der Waals surface area contributed by atoms with E-state index in [9.17, 15) is 18.0 Å². The fourth-order valence-corrected chi connectivity index (χ4v) is 5.00. The first-order valence-corrected chi connectivity index (χ1v) is 11.1. The van der Waals surface area contributed by atoms with Crippen molar-refractivity contribution in [1.82, 2.24) is 18.8 Å². The zero-order chi connectivity index (χ0) is 22.0. The van der Waals surface area contributed by atoms with Gasteiger partial charge in [-0.1, -0.05) is 23.1 Å². The summed E-state index contributed by atoms with van der Waals surface area (Å²) in [6, 6.07) is 3.90. The molecule has 3 aromatic rings. The molecule has 1 aromatic carbocycles. The maximum atomic E-state index is 13.1. The summed E-state index contributed by atoms with van der Waals surface area (Å²) in [4.78, 5) is 25.6. The molecule has 0 spiro atoms. The van der Waals surface area contributed by atoms with Crippen LogP contribution in [0.3, 0.4) is 0 Å². The highest BCUT2D eigenvalue weighted by Crippen LogP contribution is 2.37. The van der Waals surface area contributed by atoms with Gasteiger partial charge in [0.25, 0.3) is 5.56 Å². The largest absolute Gasteiger partial charge is 0.417 e. The van der Waals surface area contributed by atoms with Crippen molar-refractivity contribution in [2.45, 2.75) is 25.6 Å². The highest BCUT2D eigenvalue weighted by Gasteiger charge is 2.34. The first-order chi connectivity index (χ1) is 14.8. The summed E-state index contributed by atoms with van der Waals surface area (Å²) in [5, 5.41) is -0.204. The molecule has 1 saturated heterocycles. The van der Waals surface area contributed by atoms with Crippen LogP contribution in [-0.2, 0) is 12.7 Å². The number of benzene rings is 1. The molecule has 3 heterocycles. The molecule has 0 saturated carbocycles. The Morgan fingerprint density at radius 3 is 2.39 bits per heavy atom. The van der Waals surface area contributed by atoms with Crippen molar-refractivity contribution < 1.29 is 13.2 Å². The van der Waals surface area contributed by atoms with Crippen LogP contribution in [0.5, 0.6) is 0 Å². The molecule has 0 N–H and O–H groups in total. The number of aromatic nitrogens is 3. The molecule has 0 radical (unpaired) electrons. The molecule has 31 heavy (non-hydrogen) atoms. The van der Waals surface area contributed by atoms with Gasteiger partial charge < -0.3 is 4.90 Å². The molecule has 1 aliphatic rings. The fourth-order valence-electron chi connectivity index (χ4n) is 3.67. The molecule has 0 atom stereocenters. The number of piperazine rings is 1. The number of rotatable bonds is 6. The van der Waals surface area contributed by atoms with E-state index in [0.717, 1.165) is 75.2 Å². The third kappa shape index (κ3) is 5.02. The topological polar surface area (TPSA) is 54.3 Å². The Morgan fingerprint density at radius 2 is 1.71 bits per heavy atom. The number of anilines is 1. The normalized spacial score (nSPS) is 15.7. The fraction of sp³-hybridized carbons (Fsp3) is 0.450. The molecule has 2 aromatic heterocycles. The van der Waals surface area contributed by atoms with Gasteiger partial charge in [0.2, 0.25) is 5.95 Å². The van der Waals surface area contributed by atoms with Crippen LogP contribution in [0.25, 0.3) is 10.1 Å². The molecule has 0 unspecified atom stereocenters. The number of alkyl halides is 3. The zero-order valence-electron chi connectivity index (χ0n) is 16.6. The van der Waals surface area contributed by atoms with Crippen LogP contribution >= 0.6 is 23.1 Å². The van der Waals surface area contributed by atoms with E-state index in [1.807, 2.05) is 0 Å². The Kier molecular flexibility index (Phi) is 6.49. The number of nitrogens with zero attached hydrogens (tertiary/aromatic N) is 5. The van der Waals surface area contributed by atoms with Gasteiger partial charge in [0, 0.05) is 45.1 Å². The standard InChI is InChI=1S/C20H21ClF3N5OS/c21-16-12-14-17(13-15(16)20(22,23)24)31-29(18(14)30)7-2-1-6-27-8-10-28(11-9-27)19-25-4-3-5-26-19/h3-5,12-13H,1-2,6-11H2. The first kappa shape index (κ1) is 22.0. The van der Waals surface area contributed by atoms with Crippen LogP contribution in [0.1, 0.15) is 18.4 Å². The Balaban J connectivity index is 1.29. The maximum Gasteiger partial charge on any atom is 0.417 e. The second-order valence-corrected chi connectivity index (χ2v) is 8.88. The van der Waals surface area contributed by atoms with Crippen LogP contribution in [-0.4, -0.2) is 51.5 Å². The molecule has 0 aliphatic carbocycles. The van der Waals surface area contributed by atoms with Crippen molar-refractivity contribution in [3.05, 3.63) is 51.5 Å². The number of unbranched alkanes of at least 4 members (excludes halogenated alkanes) is 1. The lowest BCUT2D eigenvalue weighted by Crippen LogP contribution is -2.47. The second-order valence-electron chi connectivity index (χ2n) is 7.41. The van der Waals surface area contributed by atoms with Crippen molar-refractivity contribution in [3.63, 3.8) is 0 Å². The molecule has 0 amide bonds. The molecule has 4 rings (SSSR count). The van der Waals surface area contributed by atoms with Gasteiger partial charge in [-0.15, -0.1) is 0 Å². The summed E-state index contributed by atoms with van der Waals surface area (Å²) in [5.74, 6) is 0.750. The number of fused-ring (bicyclic) bond motifs is 1. The number of hydrogen-bond acceptors (Lipinski definition) is 6. The summed E-state index contributed by atoms with van der Waals surface area (Å²) in [6.07, 6.45) is 0.608. The van der Waals surface area contributed by atoms with Crippen LogP contribution < -0.4 is 10.5 Å². The summed E-state index contributed by atoms with van der Waals surface area (Å²) in [7, 11) is 0. The van der Waals surface area contributed by atoms with Gasteiger partial charge in [-0.05, 0) is 37.6 Å². The van der Waals surface area contributed by atoms with Crippen LogP contribution in [0.4, 0.5) is 19.1 Å².